The monoisotopic (exact) mass is 333 g/mol. The average Bonchev–Trinajstić information content (AvgIpc) is 2.99. The molecule has 1 aromatic heterocycles. The smallest absolute Gasteiger partial charge is 0.271 e. The number of non-ortho nitro benzene ring substituents is 1. The van der Waals surface area contributed by atoms with E-state index in [4.69, 9.17) is 16.9 Å². The van der Waals surface area contributed by atoms with Crippen molar-refractivity contribution in [2.24, 2.45) is 0 Å². The predicted octanol–water partition coefficient (Wildman–Crippen LogP) is 3.86. The summed E-state index contributed by atoms with van der Waals surface area (Å²) in [6, 6.07) is 9.06. The SMILES string of the molecule is N#CC(=Cc1cccs1)C(=O)Nc1ccc([N+](=O)[O-])cc1Cl. The lowest BCUT2D eigenvalue weighted by molar-refractivity contribution is -0.384. The molecular weight excluding hydrogens is 326 g/mol. The van der Waals surface area contributed by atoms with Gasteiger partial charge in [-0.05, 0) is 23.6 Å². The third-order valence-electron chi connectivity index (χ3n) is 2.61. The number of carbonyl (C=O) groups excluding carboxylic acids is 1. The van der Waals surface area contributed by atoms with Crippen molar-refractivity contribution in [1.82, 2.24) is 0 Å². The molecule has 0 atom stereocenters. The Morgan fingerprint density at radius 3 is 2.77 bits per heavy atom. The van der Waals surface area contributed by atoms with Crippen LogP contribution >= 0.6 is 22.9 Å². The molecule has 1 aromatic carbocycles. The van der Waals surface area contributed by atoms with Crippen LogP contribution in [0.2, 0.25) is 5.02 Å². The van der Waals surface area contributed by atoms with Crippen molar-refractivity contribution in [2.45, 2.75) is 0 Å². The third kappa shape index (κ3) is 3.69. The number of hydrogen-bond acceptors (Lipinski definition) is 5. The second kappa shape index (κ2) is 6.85. The molecule has 1 amide bonds. The van der Waals surface area contributed by atoms with Crippen LogP contribution in [0.15, 0.2) is 41.3 Å². The zero-order valence-electron chi connectivity index (χ0n) is 10.9. The highest BCUT2D eigenvalue weighted by molar-refractivity contribution is 7.10. The molecule has 0 saturated carbocycles. The minimum atomic E-state index is -0.633. The van der Waals surface area contributed by atoms with E-state index in [2.05, 4.69) is 5.32 Å². The summed E-state index contributed by atoms with van der Waals surface area (Å²) in [4.78, 5) is 22.9. The van der Waals surface area contributed by atoms with E-state index in [0.29, 0.717) is 0 Å². The number of rotatable bonds is 4. The van der Waals surface area contributed by atoms with E-state index in [1.54, 1.807) is 12.1 Å². The number of amides is 1. The highest BCUT2D eigenvalue weighted by Crippen LogP contribution is 2.27. The number of carbonyl (C=O) groups is 1. The molecule has 8 heteroatoms. The molecule has 2 rings (SSSR count). The number of nitrogens with one attached hydrogen (secondary N) is 1. The molecule has 0 spiro atoms. The molecule has 2 aromatic rings. The predicted molar refractivity (Wildman–Crippen MR) is 84.6 cm³/mol. The Hall–Kier alpha value is -2.69. The summed E-state index contributed by atoms with van der Waals surface area (Å²) >= 11 is 7.28. The minimum Gasteiger partial charge on any atom is -0.320 e. The van der Waals surface area contributed by atoms with E-state index in [1.165, 1.54) is 29.5 Å². The van der Waals surface area contributed by atoms with Gasteiger partial charge < -0.3 is 5.32 Å². The average molecular weight is 334 g/mol. The summed E-state index contributed by atoms with van der Waals surface area (Å²) in [6.45, 7) is 0. The van der Waals surface area contributed by atoms with Gasteiger partial charge in [0.1, 0.15) is 11.6 Å². The van der Waals surface area contributed by atoms with Crippen molar-refractivity contribution in [3.63, 3.8) is 0 Å². The van der Waals surface area contributed by atoms with Gasteiger partial charge in [0.25, 0.3) is 11.6 Å². The Morgan fingerprint density at radius 1 is 1.45 bits per heavy atom. The highest BCUT2D eigenvalue weighted by Gasteiger charge is 2.14. The molecular formula is C14H8ClN3O3S. The molecule has 0 aliphatic heterocycles. The van der Waals surface area contributed by atoms with Crippen LogP contribution in [0, 0.1) is 21.4 Å². The van der Waals surface area contributed by atoms with Crippen LogP contribution < -0.4 is 5.32 Å². The summed E-state index contributed by atoms with van der Waals surface area (Å²) < 4.78 is 0. The van der Waals surface area contributed by atoms with Crippen LogP contribution in [0.25, 0.3) is 6.08 Å². The van der Waals surface area contributed by atoms with Gasteiger partial charge in [0.15, 0.2) is 0 Å². The standard InChI is InChI=1S/C14H8ClN3O3S/c15-12-7-10(18(20)21)3-4-13(12)17-14(19)9(8-16)6-11-2-1-5-22-11/h1-7H,(H,17,19). The lowest BCUT2D eigenvalue weighted by Crippen LogP contribution is -2.13. The number of halogens is 1. The van der Waals surface area contributed by atoms with E-state index in [-0.39, 0.29) is 22.0 Å². The zero-order valence-corrected chi connectivity index (χ0v) is 12.5. The van der Waals surface area contributed by atoms with E-state index < -0.39 is 10.8 Å². The molecule has 6 nitrogen and oxygen atoms in total. The van der Waals surface area contributed by atoms with Crippen molar-refractivity contribution in [1.29, 1.82) is 5.26 Å². The molecule has 0 unspecified atom stereocenters. The molecule has 110 valence electrons. The van der Waals surface area contributed by atoms with Gasteiger partial charge >= 0.3 is 0 Å². The molecule has 22 heavy (non-hydrogen) atoms. The lowest BCUT2D eigenvalue weighted by atomic mass is 10.2. The van der Waals surface area contributed by atoms with Crippen LogP contribution in [-0.4, -0.2) is 10.8 Å². The van der Waals surface area contributed by atoms with Crippen molar-refractivity contribution >= 4 is 46.3 Å². The Labute approximate surface area is 134 Å². The van der Waals surface area contributed by atoms with E-state index in [1.807, 2.05) is 11.4 Å². The summed E-state index contributed by atoms with van der Waals surface area (Å²) in [5.41, 5.74) is -0.0703. The summed E-state index contributed by atoms with van der Waals surface area (Å²) in [7, 11) is 0. The van der Waals surface area contributed by atoms with Gasteiger partial charge in [0.2, 0.25) is 0 Å². The second-order valence-electron chi connectivity index (χ2n) is 4.06. The molecule has 0 fully saturated rings. The summed E-state index contributed by atoms with van der Waals surface area (Å²) in [6.07, 6.45) is 1.46. The Morgan fingerprint density at radius 2 is 2.23 bits per heavy atom. The molecule has 0 aliphatic carbocycles. The van der Waals surface area contributed by atoms with Gasteiger partial charge in [-0.1, -0.05) is 17.7 Å². The molecule has 0 bridgehead atoms. The number of nitrogens with zero attached hydrogens (tertiary/aromatic N) is 2. The Bertz CT molecular complexity index is 794. The van der Waals surface area contributed by atoms with Gasteiger partial charge in [-0.3, -0.25) is 14.9 Å². The Balaban J connectivity index is 2.21. The first-order valence-corrected chi connectivity index (χ1v) is 7.17. The van der Waals surface area contributed by atoms with Crippen LogP contribution in [0.1, 0.15) is 4.88 Å². The van der Waals surface area contributed by atoms with E-state index in [0.717, 1.165) is 10.9 Å². The Kier molecular flexibility index (Phi) is 4.88. The van der Waals surface area contributed by atoms with Gasteiger partial charge in [0, 0.05) is 17.0 Å². The number of hydrogen-bond donors (Lipinski definition) is 1. The van der Waals surface area contributed by atoms with Crippen LogP contribution in [0.5, 0.6) is 0 Å². The van der Waals surface area contributed by atoms with Gasteiger partial charge in [0.05, 0.1) is 15.6 Å². The van der Waals surface area contributed by atoms with Crippen molar-refractivity contribution < 1.29 is 9.72 Å². The maximum Gasteiger partial charge on any atom is 0.271 e. The zero-order chi connectivity index (χ0) is 16.1. The van der Waals surface area contributed by atoms with Crippen molar-refractivity contribution in [3.8, 4) is 6.07 Å². The normalized spacial score (nSPS) is 10.8. The third-order valence-corrected chi connectivity index (χ3v) is 3.74. The minimum absolute atomic E-state index is 0.0240. The van der Waals surface area contributed by atoms with Gasteiger partial charge in [-0.2, -0.15) is 5.26 Å². The fourth-order valence-electron chi connectivity index (χ4n) is 1.57. The number of thiophene rings is 1. The van der Waals surface area contributed by atoms with Gasteiger partial charge in [-0.25, -0.2) is 0 Å². The topological polar surface area (TPSA) is 96.0 Å². The molecule has 0 saturated heterocycles. The number of nitro groups is 1. The molecule has 0 aliphatic rings. The maximum absolute atomic E-state index is 12.1. The summed E-state index contributed by atoms with van der Waals surface area (Å²) in [5.74, 6) is -0.633. The molecule has 1 heterocycles. The first kappa shape index (κ1) is 15.7. The first-order chi connectivity index (χ1) is 10.5. The first-order valence-electron chi connectivity index (χ1n) is 5.92. The van der Waals surface area contributed by atoms with Crippen LogP contribution in [0.4, 0.5) is 11.4 Å². The molecule has 0 radical (unpaired) electrons. The quantitative estimate of drug-likeness (QED) is 0.397. The van der Waals surface area contributed by atoms with E-state index in [9.17, 15) is 14.9 Å². The molecule has 1 N–H and O–H groups in total. The number of nitriles is 1. The largest absolute Gasteiger partial charge is 0.320 e. The van der Waals surface area contributed by atoms with Crippen molar-refractivity contribution in [2.75, 3.05) is 5.32 Å². The fourth-order valence-corrected chi connectivity index (χ4v) is 2.45. The lowest BCUT2D eigenvalue weighted by Gasteiger charge is -2.06. The van der Waals surface area contributed by atoms with E-state index >= 15 is 0 Å². The maximum atomic E-state index is 12.1. The van der Waals surface area contributed by atoms with Crippen LogP contribution in [-0.2, 0) is 4.79 Å². The number of anilines is 1. The highest BCUT2D eigenvalue weighted by atomic mass is 35.5. The fraction of sp³-hybridized carbons (Fsp3) is 0. The van der Waals surface area contributed by atoms with Crippen LogP contribution in [0.3, 0.4) is 0 Å². The second-order valence-corrected chi connectivity index (χ2v) is 5.45. The number of nitro benzene ring substituents is 1. The van der Waals surface area contributed by atoms with Gasteiger partial charge in [-0.15, -0.1) is 11.3 Å². The summed E-state index contributed by atoms with van der Waals surface area (Å²) in [5, 5.41) is 24.0. The van der Waals surface area contributed by atoms with Crippen molar-refractivity contribution in [3.05, 3.63) is 61.3 Å². The number of benzene rings is 1.